The molecular formula is C17H21N3O3S. The lowest BCUT2D eigenvalue weighted by Crippen LogP contribution is -2.45. The first-order chi connectivity index (χ1) is 11.8. The van der Waals surface area contributed by atoms with Gasteiger partial charge in [0, 0.05) is 13.1 Å². The van der Waals surface area contributed by atoms with E-state index < -0.39 is 0 Å². The molecule has 1 aliphatic heterocycles. The molecule has 2 atom stereocenters. The first-order valence-corrected chi connectivity index (χ1v) is 9.56. The first kappa shape index (κ1) is 15.7. The van der Waals surface area contributed by atoms with Crippen molar-refractivity contribution in [3.05, 3.63) is 18.4 Å². The number of amides is 1. The van der Waals surface area contributed by atoms with Gasteiger partial charge in [0.1, 0.15) is 0 Å². The van der Waals surface area contributed by atoms with Crippen molar-refractivity contribution in [2.75, 3.05) is 18.8 Å². The third-order valence-electron chi connectivity index (χ3n) is 5.10. The minimum atomic E-state index is 0.168. The summed E-state index contributed by atoms with van der Waals surface area (Å²) in [5.74, 6) is 2.94. The summed E-state index contributed by atoms with van der Waals surface area (Å²) in [5, 5.41) is 8.32. The molecule has 128 valence electrons. The topological polar surface area (TPSA) is 72.4 Å². The summed E-state index contributed by atoms with van der Waals surface area (Å²) in [5.41, 5.74) is 0. The Morgan fingerprint density at radius 1 is 1.25 bits per heavy atom. The summed E-state index contributed by atoms with van der Waals surface area (Å²) in [6, 6.07) is 3.53. The zero-order valence-electron chi connectivity index (χ0n) is 13.5. The highest BCUT2D eigenvalue weighted by Crippen LogP contribution is 2.36. The van der Waals surface area contributed by atoms with Gasteiger partial charge in [-0.15, -0.1) is 10.2 Å². The lowest BCUT2D eigenvalue weighted by Gasteiger charge is -2.41. The smallest absolute Gasteiger partial charge is 0.284 e. The molecule has 2 aromatic heterocycles. The van der Waals surface area contributed by atoms with Crippen LogP contribution in [0.15, 0.2) is 32.5 Å². The number of piperidine rings is 1. The number of thioether (sulfide) groups is 1. The Kier molecular flexibility index (Phi) is 4.60. The summed E-state index contributed by atoms with van der Waals surface area (Å²) in [4.78, 5) is 14.5. The van der Waals surface area contributed by atoms with Crippen LogP contribution in [0.1, 0.15) is 32.1 Å². The molecule has 0 bridgehead atoms. The standard InChI is InChI=1S/C17H21N3O3S/c21-15(20-8-7-12-4-1-2-5-13(12)10-20)11-24-17-19-18-16(23-17)14-6-3-9-22-14/h3,6,9,12-13H,1-2,4-5,7-8,10-11H2. The Bertz CT molecular complexity index is 685. The molecule has 0 aromatic carbocycles. The molecule has 1 aliphatic carbocycles. The van der Waals surface area contributed by atoms with E-state index in [4.69, 9.17) is 8.83 Å². The average Bonchev–Trinajstić information content (AvgIpc) is 3.30. The third-order valence-corrected chi connectivity index (χ3v) is 5.90. The Balaban J connectivity index is 1.30. The second-order valence-corrected chi connectivity index (χ2v) is 7.50. The van der Waals surface area contributed by atoms with Gasteiger partial charge in [-0.05, 0) is 36.8 Å². The molecule has 2 aliphatic rings. The molecule has 2 unspecified atom stereocenters. The van der Waals surface area contributed by atoms with Gasteiger partial charge >= 0.3 is 0 Å². The molecule has 0 radical (unpaired) electrons. The van der Waals surface area contributed by atoms with E-state index in [1.54, 1.807) is 18.4 Å². The van der Waals surface area contributed by atoms with E-state index in [9.17, 15) is 4.79 Å². The number of rotatable bonds is 4. The minimum Gasteiger partial charge on any atom is -0.459 e. The molecule has 2 aromatic rings. The Morgan fingerprint density at radius 2 is 2.12 bits per heavy atom. The average molecular weight is 347 g/mol. The predicted molar refractivity (Wildman–Crippen MR) is 89.4 cm³/mol. The monoisotopic (exact) mass is 347 g/mol. The van der Waals surface area contributed by atoms with E-state index in [1.165, 1.54) is 37.4 Å². The highest BCUT2D eigenvalue weighted by molar-refractivity contribution is 7.99. The number of hydrogen-bond acceptors (Lipinski definition) is 6. The van der Waals surface area contributed by atoms with Crippen molar-refractivity contribution >= 4 is 17.7 Å². The molecule has 24 heavy (non-hydrogen) atoms. The van der Waals surface area contributed by atoms with Crippen LogP contribution in [-0.2, 0) is 4.79 Å². The van der Waals surface area contributed by atoms with Gasteiger partial charge in [0.15, 0.2) is 5.76 Å². The number of furan rings is 1. The zero-order chi connectivity index (χ0) is 16.4. The minimum absolute atomic E-state index is 0.168. The van der Waals surface area contributed by atoms with E-state index in [1.807, 2.05) is 4.90 Å². The van der Waals surface area contributed by atoms with Crippen LogP contribution in [0, 0.1) is 11.8 Å². The number of nitrogens with zero attached hydrogens (tertiary/aromatic N) is 3. The van der Waals surface area contributed by atoms with Gasteiger partial charge in [-0.2, -0.15) is 0 Å². The highest BCUT2D eigenvalue weighted by Gasteiger charge is 2.32. The van der Waals surface area contributed by atoms with Gasteiger partial charge in [-0.25, -0.2) is 0 Å². The van der Waals surface area contributed by atoms with Gasteiger partial charge in [-0.1, -0.05) is 31.0 Å². The van der Waals surface area contributed by atoms with Gasteiger partial charge in [0.05, 0.1) is 12.0 Å². The van der Waals surface area contributed by atoms with Crippen molar-refractivity contribution in [1.82, 2.24) is 15.1 Å². The van der Waals surface area contributed by atoms with Crippen molar-refractivity contribution in [2.45, 2.75) is 37.3 Å². The number of carbonyl (C=O) groups is 1. The van der Waals surface area contributed by atoms with Crippen molar-refractivity contribution in [1.29, 1.82) is 0 Å². The molecular weight excluding hydrogens is 326 g/mol. The Morgan fingerprint density at radius 3 is 2.96 bits per heavy atom. The van der Waals surface area contributed by atoms with Crippen molar-refractivity contribution in [3.63, 3.8) is 0 Å². The maximum absolute atomic E-state index is 12.5. The van der Waals surface area contributed by atoms with E-state index in [-0.39, 0.29) is 5.91 Å². The number of hydrogen-bond donors (Lipinski definition) is 0. The third kappa shape index (κ3) is 3.36. The SMILES string of the molecule is O=C(CSc1nnc(-c2ccco2)o1)N1CCC2CCCCC2C1. The van der Waals surface area contributed by atoms with E-state index in [0.29, 0.717) is 28.5 Å². The number of carbonyl (C=O) groups excluding carboxylic acids is 1. The second-order valence-electron chi connectivity index (χ2n) is 6.57. The molecule has 3 heterocycles. The normalized spacial score (nSPS) is 23.9. The van der Waals surface area contributed by atoms with Crippen LogP contribution in [-0.4, -0.2) is 39.8 Å². The summed E-state index contributed by atoms with van der Waals surface area (Å²) < 4.78 is 10.8. The van der Waals surface area contributed by atoms with Crippen LogP contribution in [0.2, 0.25) is 0 Å². The fraction of sp³-hybridized carbons (Fsp3) is 0.588. The lowest BCUT2D eigenvalue weighted by atomic mass is 9.75. The van der Waals surface area contributed by atoms with Gasteiger partial charge in [0.2, 0.25) is 5.91 Å². The Hall–Kier alpha value is -1.76. The largest absolute Gasteiger partial charge is 0.459 e. The fourth-order valence-electron chi connectivity index (χ4n) is 3.81. The van der Waals surface area contributed by atoms with Crippen molar-refractivity contribution < 1.29 is 13.6 Å². The summed E-state index contributed by atoms with van der Waals surface area (Å²) in [6.45, 7) is 1.81. The summed E-state index contributed by atoms with van der Waals surface area (Å²) in [6.07, 6.45) is 8.02. The maximum Gasteiger partial charge on any atom is 0.284 e. The van der Waals surface area contributed by atoms with Crippen molar-refractivity contribution in [2.24, 2.45) is 11.8 Å². The Labute approximate surface area is 145 Å². The summed E-state index contributed by atoms with van der Waals surface area (Å²) in [7, 11) is 0. The fourth-order valence-corrected chi connectivity index (χ4v) is 4.48. The van der Waals surface area contributed by atoms with Gasteiger partial charge in [-0.3, -0.25) is 4.79 Å². The molecule has 1 saturated carbocycles. The predicted octanol–water partition coefficient (Wildman–Crippen LogP) is 3.46. The van der Waals surface area contributed by atoms with Crippen LogP contribution >= 0.6 is 11.8 Å². The van der Waals surface area contributed by atoms with Gasteiger partial charge in [0.25, 0.3) is 11.1 Å². The van der Waals surface area contributed by atoms with E-state index in [2.05, 4.69) is 10.2 Å². The van der Waals surface area contributed by atoms with Crippen LogP contribution in [0.25, 0.3) is 11.7 Å². The molecule has 6 nitrogen and oxygen atoms in total. The highest BCUT2D eigenvalue weighted by atomic mass is 32.2. The second kappa shape index (κ2) is 7.01. The van der Waals surface area contributed by atoms with E-state index in [0.717, 1.165) is 25.4 Å². The van der Waals surface area contributed by atoms with E-state index >= 15 is 0 Å². The maximum atomic E-state index is 12.5. The number of aromatic nitrogens is 2. The van der Waals surface area contributed by atoms with Crippen LogP contribution in [0.3, 0.4) is 0 Å². The molecule has 1 amide bonds. The number of likely N-dealkylation sites (tertiary alicyclic amines) is 1. The molecule has 7 heteroatoms. The quantitative estimate of drug-likeness (QED) is 0.789. The molecule has 0 N–H and O–H groups in total. The zero-order valence-corrected chi connectivity index (χ0v) is 14.3. The van der Waals surface area contributed by atoms with Gasteiger partial charge < -0.3 is 13.7 Å². The summed E-state index contributed by atoms with van der Waals surface area (Å²) >= 11 is 1.30. The molecule has 4 rings (SSSR count). The molecule has 1 saturated heterocycles. The van der Waals surface area contributed by atoms with Crippen molar-refractivity contribution in [3.8, 4) is 11.7 Å². The molecule has 0 spiro atoms. The lowest BCUT2D eigenvalue weighted by molar-refractivity contribution is -0.131. The number of fused-ring (bicyclic) bond motifs is 1. The van der Waals surface area contributed by atoms with Crippen LogP contribution in [0.4, 0.5) is 0 Å². The van der Waals surface area contributed by atoms with Crippen LogP contribution in [0.5, 0.6) is 0 Å². The molecule has 2 fully saturated rings. The first-order valence-electron chi connectivity index (χ1n) is 8.57. The van der Waals surface area contributed by atoms with Crippen LogP contribution < -0.4 is 0 Å².